The Morgan fingerprint density at radius 2 is 1.69 bits per heavy atom. The molecular weight excluding hydrogens is 374 g/mol. The first-order valence-electron chi connectivity index (χ1n) is 9.27. The van der Waals surface area contributed by atoms with Gasteiger partial charge in [-0.2, -0.15) is 0 Å². The molecule has 7 nitrogen and oxygen atoms in total. The molecule has 0 spiro atoms. The van der Waals surface area contributed by atoms with E-state index < -0.39 is 17.7 Å². The van der Waals surface area contributed by atoms with Crippen LogP contribution in [0.3, 0.4) is 0 Å². The fourth-order valence-corrected chi connectivity index (χ4v) is 3.31. The predicted molar refractivity (Wildman–Crippen MR) is 106 cm³/mol. The summed E-state index contributed by atoms with van der Waals surface area (Å²) in [6.07, 6.45) is 0. The molecule has 3 rings (SSSR count). The number of carbonyl (C=O) groups is 2. The standard InChI is InChI=1S/C22H23NO6/c1-14-2-4-16(5-3-14)20(26)18-19(15-6-8-17(25)9-7-15)23(22(28)21(18)27)10-12-29-13-11-24/h2-9,19,24-26H,10-13H2,1H3. The van der Waals surface area contributed by atoms with Crippen LogP contribution in [0.2, 0.25) is 0 Å². The number of hydrogen-bond acceptors (Lipinski definition) is 6. The average molecular weight is 397 g/mol. The smallest absolute Gasteiger partial charge is 0.295 e. The lowest BCUT2D eigenvalue weighted by molar-refractivity contribution is -0.140. The maximum Gasteiger partial charge on any atom is 0.295 e. The van der Waals surface area contributed by atoms with Crippen LogP contribution in [0.4, 0.5) is 0 Å². The van der Waals surface area contributed by atoms with Gasteiger partial charge in [0, 0.05) is 12.1 Å². The number of carbonyl (C=O) groups excluding carboxylic acids is 2. The van der Waals surface area contributed by atoms with Crippen molar-refractivity contribution in [2.45, 2.75) is 13.0 Å². The molecule has 1 aliphatic rings. The van der Waals surface area contributed by atoms with Crippen LogP contribution in [-0.2, 0) is 14.3 Å². The van der Waals surface area contributed by atoms with Gasteiger partial charge in [0.05, 0.1) is 31.4 Å². The minimum absolute atomic E-state index is 0.00768. The summed E-state index contributed by atoms with van der Waals surface area (Å²) >= 11 is 0. The van der Waals surface area contributed by atoms with Crippen LogP contribution >= 0.6 is 0 Å². The molecule has 3 N–H and O–H groups in total. The number of benzene rings is 2. The summed E-state index contributed by atoms with van der Waals surface area (Å²) in [5.74, 6) is -1.71. The Morgan fingerprint density at radius 1 is 1.03 bits per heavy atom. The fourth-order valence-electron chi connectivity index (χ4n) is 3.31. The van der Waals surface area contributed by atoms with Gasteiger partial charge in [-0.05, 0) is 24.6 Å². The molecule has 1 saturated heterocycles. The van der Waals surface area contributed by atoms with Crippen molar-refractivity contribution in [3.05, 3.63) is 70.8 Å². The van der Waals surface area contributed by atoms with Crippen molar-refractivity contribution in [1.29, 1.82) is 0 Å². The van der Waals surface area contributed by atoms with Gasteiger partial charge in [0.15, 0.2) is 0 Å². The second-order valence-corrected chi connectivity index (χ2v) is 6.79. The summed E-state index contributed by atoms with van der Waals surface area (Å²) < 4.78 is 5.25. The first-order chi connectivity index (χ1) is 13.9. The van der Waals surface area contributed by atoms with E-state index >= 15 is 0 Å². The van der Waals surface area contributed by atoms with Crippen molar-refractivity contribution >= 4 is 17.4 Å². The number of hydrogen-bond donors (Lipinski definition) is 3. The number of nitrogens with zero attached hydrogens (tertiary/aromatic N) is 1. The summed E-state index contributed by atoms with van der Waals surface area (Å²) in [4.78, 5) is 26.8. The largest absolute Gasteiger partial charge is 0.508 e. The highest BCUT2D eigenvalue weighted by Crippen LogP contribution is 2.39. The Morgan fingerprint density at radius 3 is 2.31 bits per heavy atom. The molecular formula is C22H23NO6. The number of aliphatic hydroxyl groups is 2. The highest BCUT2D eigenvalue weighted by atomic mass is 16.5. The number of phenolic OH excluding ortho intramolecular Hbond substituents is 1. The summed E-state index contributed by atoms with van der Waals surface area (Å²) in [6.45, 7) is 2.13. The topological polar surface area (TPSA) is 107 Å². The number of aryl methyl sites for hydroxylation is 1. The lowest BCUT2D eigenvalue weighted by atomic mass is 9.95. The van der Waals surface area contributed by atoms with Gasteiger partial charge in [-0.15, -0.1) is 0 Å². The number of ether oxygens (including phenoxy) is 1. The molecule has 2 aromatic carbocycles. The molecule has 0 bridgehead atoms. The number of likely N-dealkylation sites (tertiary alicyclic amines) is 1. The van der Waals surface area contributed by atoms with Crippen LogP contribution in [0, 0.1) is 6.92 Å². The molecule has 1 unspecified atom stereocenters. The number of amides is 1. The van der Waals surface area contributed by atoms with Crippen molar-refractivity contribution in [2.75, 3.05) is 26.4 Å². The van der Waals surface area contributed by atoms with Gasteiger partial charge in [-0.25, -0.2) is 0 Å². The zero-order chi connectivity index (χ0) is 21.0. The SMILES string of the molecule is Cc1ccc(C(O)=C2C(=O)C(=O)N(CCOCCO)C2c2ccc(O)cc2)cc1. The zero-order valence-electron chi connectivity index (χ0n) is 16.0. The number of aliphatic hydroxyl groups excluding tert-OH is 2. The van der Waals surface area contributed by atoms with Crippen LogP contribution in [0.5, 0.6) is 5.75 Å². The van der Waals surface area contributed by atoms with E-state index in [4.69, 9.17) is 9.84 Å². The van der Waals surface area contributed by atoms with E-state index in [1.165, 1.54) is 17.0 Å². The van der Waals surface area contributed by atoms with Gasteiger partial charge in [0.2, 0.25) is 0 Å². The van der Waals surface area contributed by atoms with Crippen LogP contribution in [0.15, 0.2) is 54.1 Å². The maximum atomic E-state index is 12.8. The van der Waals surface area contributed by atoms with E-state index in [0.29, 0.717) is 11.1 Å². The van der Waals surface area contributed by atoms with Gasteiger partial charge < -0.3 is 25.0 Å². The average Bonchev–Trinajstić information content (AvgIpc) is 2.96. The van der Waals surface area contributed by atoms with Crippen LogP contribution in [-0.4, -0.2) is 58.3 Å². The molecule has 29 heavy (non-hydrogen) atoms. The molecule has 0 aromatic heterocycles. The summed E-state index contributed by atoms with van der Waals surface area (Å²) in [5, 5.41) is 29.3. The van der Waals surface area contributed by atoms with E-state index in [1.807, 2.05) is 19.1 Å². The summed E-state index contributed by atoms with van der Waals surface area (Å²) in [7, 11) is 0. The second kappa shape index (κ2) is 8.89. The van der Waals surface area contributed by atoms with E-state index in [0.717, 1.165) is 5.56 Å². The van der Waals surface area contributed by atoms with Gasteiger partial charge in [-0.3, -0.25) is 9.59 Å². The lowest BCUT2D eigenvalue weighted by Gasteiger charge is -2.25. The highest BCUT2D eigenvalue weighted by Gasteiger charge is 2.45. The summed E-state index contributed by atoms with van der Waals surface area (Å²) in [6, 6.07) is 12.3. The number of ketones is 1. The fraction of sp³-hybridized carbons (Fsp3) is 0.273. The molecule has 0 aliphatic carbocycles. The molecule has 1 heterocycles. The lowest BCUT2D eigenvalue weighted by Crippen LogP contribution is -2.33. The van der Waals surface area contributed by atoms with Gasteiger partial charge in [0.25, 0.3) is 11.7 Å². The van der Waals surface area contributed by atoms with Gasteiger partial charge >= 0.3 is 0 Å². The van der Waals surface area contributed by atoms with Crippen molar-refractivity contribution in [3.8, 4) is 5.75 Å². The maximum absolute atomic E-state index is 12.8. The third-order valence-corrected chi connectivity index (χ3v) is 4.79. The van der Waals surface area contributed by atoms with E-state index in [1.54, 1.807) is 24.3 Å². The molecule has 1 amide bonds. The normalized spacial score (nSPS) is 18.4. The second-order valence-electron chi connectivity index (χ2n) is 6.79. The van der Waals surface area contributed by atoms with Gasteiger partial charge in [-0.1, -0.05) is 42.0 Å². The first kappa shape index (κ1) is 20.6. The molecule has 2 aromatic rings. The number of rotatable bonds is 7. The van der Waals surface area contributed by atoms with E-state index in [9.17, 15) is 19.8 Å². The molecule has 0 radical (unpaired) electrons. The number of phenols is 1. The number of aromatic hydroxyl groups is 1. The third-order valence-electron chi connectivity index (χ3n) is 4.79. The van der Waals surface area contributed by atoms with Crippen molar-refractivity contribution < 1.29 is 29.6 Å². The Hall–Kier alpha value is -3.16. The van der Waals surface area contributed by atoms with Crippen molar-refractivity contribution in [1.82, 2.24) is 4.90 Å². The van der Waals surface area contributed by atoms with Crippen molar-refractivity contribution in [2.24, 2.45) is 0 Å². The Labute approximate surface area is 168 Å². The molecule has 1 atom stereocenters. The molecule has 1 fully saturated rings. The van der Waals surface area contributed by atoms with Crippen LogP contribution in [0.25, 0.3) is 5.76 Å². The molecule has 1 aliphatic heterocycles. The van der Waals surface area contributed by atoms with Crippen molar-refractivity contribution in [3.63, 3.8) is 0 Å². The summed E-state index contributed by atoms with van der Waals surface area (Å²) in [5.41, 5.74) is 2.01. The van der Waals surface area contributed by atoms with Gasteiger partial charge in [0.1, 0.15) is 11.5 Å². The van der Waals surface area contributed by atoms with Crippen LogP contribution in [0.1, 0.15) is 22.7 Å². The zero-order valence-corrected chi connectivity index (χ0v) is 16.0. The Kier molecular flexibility index (Phi) is 6.31. The minimum Gasteiger partial charge on any atom is -0.508 e. The monoisotopic (exact) mass is 397 g/mol. The first-order valence-corrected chi connectivity index (χ1v) is 9.27. The quantitative estimate of drug-likeness (QED) is 0.286. The van der Waals surface area contributed by atoms with E-state index in [2.05, 4.69) is 0 Å². The van der Waals surface area contributed by atoms with E-state index in [-0.39, 0.29) is 43.4 Å². The molecule has 152 valence electrons. The molecule has 0 saturated carbocycles. The highest BCUT2D eigenvalue weighted by molar-refractivity contribution is 6.46. The third kappa shape index (κ3) is 4.31. The minimum atomic E-state index is -0.811. The van der Waals surface area contributed by atoms with Crippen LogP contribution < -0.4 is 0 Å². The molecule has 7 heteroatoms. The predicted octanol–water partition coefficient (Wildman–Crippen LogP) is 2.13. The Balaban J connectivity index is 2.05. The Bertz CT molecular complexity index is 917. The number of Topliss-reactive ketones (excluding diaryl/α,β-unsaturated/α-hetero) is 1.